The van der Waals surface area contributed by atoms with Gasteiger partial charge in [0.1, 0.15) is 6.33 Å². The van der Waals surface area contributed by atoms with Gasteiger partial charge in [-0.05, 0) is 68.9 Å². The lowest BCUT2D eigenvalue weighted by Crippen LogP contribution is -2.12. The van der Waals surface area contributed by atoms with E-state index in [-0.39, 0.29) is 5.41 Å². The summed E-state index contributed by atoms with van der Waals surface area (Å²) in [5.41, 5.74) is 5.55. The van der Waals surface area contributed by atoms with E-state index in [0.717, 1.165) is 22.5 Å². The molecular formula is C26H22N2S. The van der Waals surface area contributed by atoms with E-state index in [4.69, 9.17) is 0 Å². The lowest BCUT2D eigenvalue weighted by Gasteiger charge is -2.22. The lowest BCUT2D eigenvalue weighted by atomic mass is 9.82. The van der Waals surface area contributed by atoms with Crippen LogP contribution in [0.15, 0.2) is 78.4 Å². The first-order valence-electron chi connectivity index (χ1n) is 9.82. The summed E-state index contributed by atoms with van der Waals surface area (Å²) in [6, 6.07) is 23.9. The number of hydrogen-bond donors (Lipinski definition) is 0. The molecule has 0 unspecified atom stereocenters. The first-order chi connectivity index (χ1) is 14.0. The monoisotopic (exact) mass is 394 g/mol. The molecule has 142 valence electrons. The maximum Gasteiger partial charge on any atom is 0.116 e. The molecule has 0 bridgehead atoms. The molecule has 2 aromatic heterocycles. The summed E-state index contributed by atoms with van der Waals surface area (Å²) in [5.74, 6) is 0. The average Bonchev–Trinajstić information content (AvgIpc) is 3.20. The van der Waals surface area contributed by atoms with Crippen LogP contribution in [-0.4, -0.2) is 9.97 Å². The van der Waals surface area contributed by atoms with Gasteiger partial charge < -0.3 is 0 Å². The Bertz CT molecular complexity index is 1340. The molecule has 0 saturated carbocycles. The van der Waals surface area contributed by atoms with Crippen molar-refractivity contribution in [3.63, 3.8) is 0 Å². The van der Waals surface area contributed by atoms with Gasteiger partial charge in [0.2, 0.25) is 0 Å². The third-order valence-corrected chi connectivity index (χ3v) is 6.28. The molecule has 0 amide bonds. The molecule has 0 aliphatic heterocycles. The van der Waals surface area contributed by atoms with E-state index in [1.54, 1.807) is 17.7 Å². The largest absolute Gasteiger partial charge is 0.236 e. The fourth-order valence-corrected chi connectivity index (χ4v) is 4.65. The zero-order valence-electron chi connectivity index (χ0n) is 16.8. The smallest absolute Gasteiger partial charge is 0.116 e. The molecule has 0 aliphatic carbocycles. The van der Waals surface area contributed by atoms with Crippen molar-refractivity contribution in [3.05, 3.63) is 84.0 Å². The second-order valence-electron chi connectivity index (χ2n) is 8.46. The summed E-state index contributed by atoms with van der Waals surface area (Å²) in [4.78, 5) is 9.16. The highest BCUT2D eigenvalue weighted by Crippen LogP contribution is 2.35. The van der Waals surface area contributed by atoms with E-state index in [0.29, 0.717) is 0 Å². The summed E-state index contributed by atoms with van der Waals surface area (Å²) >= 11 is 1.76. The van der Waals surface area contributed by atoms with Gasteiger partial charge in [-0.25, -0.2) is 9.97 Å². The number of aromatic nitrogens is 2. The Morgan fingerprint density at radius 1 is 0.724 bits per heavy atom. The molecule has 29 heavy (non-hydrogen) atoms. The third-order valence-electron chi connectivity index (χ3n) is 5.38. The maximum absolute atomic E-state index is 4.61. The Kier molecular flexibility index (Phi) is 4.21. The van der Waals surface area contributed by atoms with Gasteiger partial charge in [-0.3, -0.25) is 0 Å². The fraction of sp³-hybridized carbons (Fsp3) is 0.154. The van der Waals surface area contributed by atoms with Crippen molar-refractivity contribution in [3.8, 4) is 22.5 Å². The van der Waals surface area contributed by atoms with Gasteiger partial charge in [-0.1, -0.05) is 51.1 Å². The van der Waals surface area contributed by atoms with Crippen LogP contribution in [0.5, 0.6) is 0 Å². The van der Waals surface area contributed by atoms with Crippen molar-refractivity contribution >= 4 is 32.2 Å². The highest BCUT2D eigenvalue weighted by molar-refractivity contribution is 7.17. The number of rotatable bonds is 2. The summed E-state index contributed by atoms with van der Waals surface area (Å²) in [6.45, 7) is 6.79. The fourth-order valence-electron chi connectivity index (χ4n) is 3.88. The van der Waals surface area contributed by atoms with Crippen LogP contribution in [-0.2, 0) is 5.41 Å². The van der Waals surface area contributed by atoms with Crippen LogP contribution in [0, 0.1) is 0 Å². The van der Waals surface area contributed by atoms with Gasteiger partial charge in [-0.2, -0.15) is 0 Å². The van der Waals surface area contributed by atoms with Gasteiger partial charge in [0.05, 0.1) is 11.4 Å². The number of fused-ring (bicyclic) bond motifs is 2. The Morgan fingerprint density at radius 2 is 1.48 bits per heavy atom. The van der Waals surface area contributed by atoms with Crippen molar-refractivity contribution in [1.29, 1.82) is 0 Å². The molecule has 5 aromatic rings. The minimum atomic E-state index is 0.0511. The first-order valence-corrected chi connectivity index (χ1v) is 10.7. The molecule has 5 rings (SSSR count). The zero-order chi connectivity index (χ0) is 20.0. The van der Waals surface area contributed by atoms with Gasteiger partial charge in [0.25, 0.3) is 0 Å². The predicted molar refractivity (Wildman–Crippen MR) is 124 cm³/mol. The summed E-state index contributed by atoms with van der Waals surface area (Å²) in [5, 5.41) is 5.94. The van der Waals surface area contributed by atoms with Gasteiger partial charge in [-0.15, -0.1) is 11.3 Å². The van der Waals surface area contributed by atoms with E-state index < -0.39 is 0 Å². The Morgan fingerprint density at radius 3 is 2.31 bits per heavy atom. The van der Waals surface area contributed by atoms with Crippen LogP contribution in [0.1, 0.15) is 26.3 Å². The van der Waals surface area contributed by atoms with Crippen molar-refractivity contribution in [2.24, 2.45) is 0 Å². The topological polar surface area (TPSA) is 25.8 Å². The summed E-state index contributed by atoms with van der Waals surface area (Å²) in [7, 11) is 0. The van der Waals surface area contributed by atoms with E-state index in [2.05, 4.69) is 103 Å². The van der Waals surface area contributed by atoms with Crippen molar-refractivity contribution < 1.29 is 0 Å². The molecule has 0 fully saturated rings. The second kappa shape index (κ2) is 6.78. The van der Waals surface area contributed by atoms with E-state index in [1.165, 1.54) is 26.4 Å². The standard InChI is InChI=1S/C26H22N2S/c1-26(2,3)22-14-20(12-17-6-4-5-7-21(17)22)24-15-23(27-16-28-24)18-8-9-25-19(13-18)10-11-29-25/h4-16H,1-3H3. The van der Waals surface area contributed by atoms with E-state index in [9.17, 15) is 0 Å². The van der Waals surface area contributed by atoms with Crippen molar-refractivity contribution in [1.82, 2.24) is 9.97 Å². The summed E-state index contributed by atoms with van der Waals surface area (Å²) in [6.07, 6.45) is 1.68. The molecule has 0 radical (unpaired) electrons. The van der Waals surface area contributed by atoms with Crippen molar-refractivity contribution in [2.75, 3.05) is 0 Å². The molecule has 0 N–H and O–H groups in total. The summed E-state index contributed by atoms with van der Waals surface area (Å²) < 4.78 is 1.30. The molecule has 2 nitrogen and oxygen atoms in total. The van der Waals surface area contributed by atoms with Gasteiger partial charge >= 0.3 is 0 Å². The molecule has 0 atom stereocenters. The highest BCUT2D eigenvalue weighted by Gasteiger charge is 2.18. The van der Waals surface area contributed by atoms with Crippen LogP contribution in [0.4, 0.5) is 0 Å². The average molecular weight is 395 g/mol. The number of nitrogens with zero attached hydrogens (tertiary/aromatic N) is 2. The third kappa shape index (κ3) is 3.32. The minimum absolute atomic E-state index is 0.0511. The van der Waals surface area contributed by atoms with Crippen LogP contribution < -0.4 is 0 Å². The number of hydrogen-bond acceptors (Lipinski definition) is 3. The van der Waals surface area contributed by atoms with Crippen LogP contribution in [0.3, 0.4) is 0 Å². The van der Waals surface area contributed by atoms with Gasteiger partial charge in [0, 0.05) is 15.8 Å². The zero-order valence-corrected chi connectivity index (χ0v) is 17.6. The molecule has 0 saturated heterocycles. The van der Waals surface area contributed by atoms with Gasteiger partial charge in [0.15, 0.2) is 0 Å². The Hall–Kier alpha value is -3.04. The van der Waals surface area contributed by atoms with E-state index in [1.807, 2.05) is 0 Å². The molecule has 3 aromatic carbocycles. The molecule has 3 heteroatoms. The second-order valence-corrected chi connectivity index (χ2v) is 9.40. The maximum atomic E-state index is 4.61. The molecule has 2 heterocycles. The molecular weight excluding hydrogens is 372 g/mol. The van der Waals surface area contributed by atoms with Crippen LogP contribution in [0.25, 0.3) is 43.4 Å². The normalized spacial score (nSPS) is 12.0. The first kappa shape index (κ1) is 18.0. The molecule has 0 spiro atoms. The number of benzene rings is 3. The number of thiophene rings is 1. The van der Waals surface area contributed by atoms with Crippen LogP contribution in [0.2, 0.25) is 0 Å². The van der Waals surface area contributed by atoms with E-state index >= 15 is 0 Å². The minimum Gasteiger partial charge on any atom is -0.236 e. The Labute approximate surface area is 174 Å². The van der Waals surface area contributed by atoms with Crippen molar-refractivity contribution in [2.45, 2.75) is 26.2 Å². The Balaban J connectivity index is 1.66. The lowest BCUT2D eigenvalue weighted by molar-refractivity contribution is 0.596. The SMILES string of the molecule is CC(C)(C)c1cc(-c2cc(-c3ccc4sccc4c3)ncn2)cc2ccccc12. The quantitative estimate of drug-likeness (QED) is 0.310. The van der Waals surface area contributed by atoms with Crippen LogP contribution >= 0.6 is 11.3 Å². The highest BCUT2D eigenvalue weighted by atomic mass is 32.1. The molecule has 0 aliphatic rings. The predicted octanol–water partition coefficient (Wildman–Crippen LogP) is 7.48.